The van der Waals surface area contributed by atoms with Gasteiger partial charge in [0.15, 0.2) is 0 Å². The van der Waals surface area contributed by atoms with Gasteiger partial charge in [-0.1, -0.05) is 41.9 Å². The molecule has 1 aromatic rings. The number of sulfonamides is 1. The lowest BCUT2D eigenvalue weighted by atomic mass is 9.94. The Morgan fingerprint density at radius 2 is 1.74 bits per heavy atom. The van der Waals surface area contributed by atoms with Crippen LogP contribution in [0, 0.1) is 0 Å². The summed E-state index contributed by atoms with van der Waals surface area (Å²) in [5.41, 5.74) is 0.756. The summed E-state index contributed by atoms with van der Waals surface area (Å²) >= 11 is 5.90. The van der Waals surface area contributed by atoms with Crippen LogP contribution < -0.4 is 0 Å². The Morgan fingerprint density at radius 1 is 1.09 bits per heavy atom. The van der Waals surface area contributed by atoms with Crippen LogP contribution in [0.4, 0.5) is 0 Å². The number of ketones is 1. The first-order valence-corrected chi connectivity index (χ1v) is 11.4. The first kappa shape index (κ1) is 16.8. The number of benzene rings is 1. The minimum absolute atomic E-state index is 0.0709. The van der Waals surface area contributed by atoms with Crippen molar-refractivity contribution in [2.24, 2.45) is 4.40 Å². The number of hydrogen-bond donors (Lipinski definition) is 0. The zero-order valence-corrected chi connectivity index (χ0v) is 15.1. The Morgan fingerprint density at radius 3 is 2.35 bits per heavy atom. The highest BCUT2D eigenvalue weighted by atomic mass is 36.0. The lowest BCUT2D eigenvalue weighted by molar-refractivity contribution is 0.104. The minimum atomic E-state index is -4.11. The molecule has 0 saturated carbocycles. The van der Waals surface area contributed by atoms with Crippen LogP contribution in [0.2, 0.25) is 0 Å². The van der Waals surface area contributed by atoms with E-state index in [-0.39, 0.29) is 20.8 Å². The van der Waals surface area contributed by atoms with Crippen LogP contribution >= 0.6 is 41.4 Å². The SMILES string of the molecule is O=C1C(Cl)=C/C(=N\S(=O)(=O)C2=CC=CS2(Cl)Cl)c2ccccc21. The van der Waals surface area contributed by atoms with Gasteiger partial charge in [-0.25, -0.2) is 0 Å². The topological polar surface area (TPSA) is 63.6 Å². The molecule has 0 atom stereocenters. The number of nitrogens with zero attached hydrogens (tertiary/aromatic N) is 1. The Bertz CT molecular complexity index is 944. The van der Waals surface area contributed by atoms with Crippen molar-refractivity contribution in [1.82, 2.24) is 0 Å². The number of allylic oxidation sites excluding steroid dienone is 4. The molecule has 0 N–H and O–H groups in total. The first-order chi connectivity index (χ1) is 10.7. The van der Waals surface area contributed by atoms with Crippen LogP contribution in [-0.2, 0) is 10.0 Å². The maximum Gasteiger partial charge on any atom is 0.289 e. The van der Waals surface area contributed by atoms with Crippen molar-refractivity contribution in [3.8, 4) is 0 Å². The molecule has 1 aliphatic heterocycles. The highest BCUT2D eigenvalue weighted by Crippen LogP contribution is 2.70. The van der Waals surface area contributed by atoms with E-state index in [2.05, 4.69) is 4.40 Å². The molecule has 0 amide bonds. The van der Waals surface area contributed by atoms with Crippen LogP contribution in [0.25, 0.3) is 0 Å². The summed E-state index contributed by atoms with van der Waals surface area (Å²) in [4.78, 5) is 12.0. The van der Waals surface area contributed by atoms with Crippen molar-refractivity contribution in [2.75, 3.05) is 0 Å². The lowest BCUT2D eigenvalue weighted by Gasteiger charge is -2.19. The fourth-order valence-corrected chi connectivity index (χ4v) is 7.27. The van der Waals surface area contributed by atoms with Crippen molar-refractivity contribution in [2.45, 2.75) is 0 Å². The molecule has 1 aromatic carbocycles. The molecular formula is C14H8Cl3NO3S2. The highest BCUT2D eigenvalue weighted by Gasteiger charge is 2.35. The van der Waals surface area contributed by atoms with Gasteiger partial charge in [0.05, 0.1) is 10.7 Å². The fourth-order valence-electron chi connectivity index (χ4n) is 2.15. The van der Waals surface area contributed by atoms with E-state index >= 15 is 0 Å². The predicted octanol–water partition coefficient (Wildman–Crippen LogP) is 4.61. The quantitative estimate of drug-likeness (QED) is 0.718. The average Bonchev–Trinajstić information content (AvgIpc) is 2.85. The van der Waals surface area contributed by atoms with E-state index in [4.69, 9.17) is 33.0 Å². The Kier molecular flexibility index (Phi) is 4.23. The molecule has 4 nitrogen and oxygen atoms in total. The molecule has 0 spiro atoms. The fraction of sp³-hybridized carbons (Fsp3) is 0. The molecule has 3 rings (SSSR count). The van der Waals surface area contributed by atoms with Crippen LogP contribution in [0.3, 0.4) is 0 Å². The minimum Gasteiger partial charge on any atom is -0.288 e. The van der Waals surface area contributed by atoms with Crippen molar-refractivity contribution in [1.29, 1.82) is 0 Å². The van der Waals surface area contributed by atoms with Gasteiger partial charge >= 0.3 is 0 Å². The number of rotatable bonds is 2. The molecule has 0 fully saturated rings. The third kappa shape index (κ3) is 3.02. The standard InChI is InChI=1S/C14H8Cl3NO3S2/c15-11-8-12(9-4-1-2-5-10(9)14(11)19)18-23(20,21)13-6-3-7-22(13,16)17/h1-8H/b18-12+. The van der Waals surface area contributed by atoms with Crippen LogP contribution in [0.5, 0.6) is 0 Å². The van der Waals surface area contributed by atoms with E-state index in [0.29, 0.717) is 11.1 Å². The second-order valence-electron chi connectivity index (χ2n) is 4.64. The first-order valence-electron chi connectivity index (χ1n) is 6.20. The number of fused-ring (bicyclic) bond motifs is 1. The van der Waals surface area contributed by atoms with E-state index in [1.807, 2.05) is 0 Å². The van der Waals surface area contributed by atoms with Gasteiger partial charge < -0.3 is 0 Å². The van der Waals surface area contributed by atoms with E-state index in [0.717, 1.165) is 0 Å². The van der Waals surface area contributed by atoms with E-state index in [1.165, 1.54) is 23.6 Å². The number of Topliss-reactive ketones (excluding diaryl/α,β-unsaturated/α-hetero) is 1. The molecular weight excluding hydrogens is 401 g/mol. The summed E-state index contributed by atoms with van der Waals surface area (Å²) in [5.74, 6) is -0.380. The summed E-state index contributed by atoms with van der Waals surface area (Å²) < 4.78 is 28.7. The number of carbonyl (C=O) groups is 1. The van der Waals surface area contributed by atoms with Gasteiger partial charge in [0, 0.05) is 11.1 Å². The van der Waals surface area contributed by atoms with Gasteiger partial charge in [-0.3, -0.25) is 4.79 Å². The lowest BCUT2D eigenvalue weighted by Crippen LogP contribution is -2.16. The monoisotopic (exact) mass is 407 g/mol. The van der Waals surface area contributed by atoms with E-state index in [1.54, 1.807) is 24.3 Å². The summed E-state index contributed by atoms with van der Waals surface area (Å²) in [6.45, 7) is 0. The van der Waals surface area contributed by atoms with Gasteiger partial charge in [0.2, 0.25) is 5.78 Å². The van der Waals surface area contributed by atoms with Gasteiger partial charge in [0.1, 0.15) is 4.24 Å². The Hall–Kier alpha value is -1.05. The molecule has 1 heterocycles. The largest absolute Gasteiger partial charge is 0.289 e. The molecule has 120 valence electrons. The zero-order valence-electron chi connectivity index (χ0n) is 11.2. The molecule has 0 aromatic heterocycles. The normalized spacial score (nSPS) is 22.6. The third-order valence-electron chi connectivity index (χ3n) is 3.15. The number of hydrogen-bond acceptors (Lipinski definition) is 3. The van der Waals surface area contributed by atoms with Crippen molar-refractivity contribution in [3.05, 3.63) is 68.3 Å². The zero-order chi connectivity index (χ0) is 16.8. The third-order valence-corrected chi connectivity index (χ3v) is 9.27. The maximum absolute atomic E-state index is 12.5. The van der Waals surface area contributed by atoms with Crippen molar-refractivity contribution in [3.63, 3.8) is 0 Å². The summed E-state index contributed by atoms with van der Waals surface area (Å²) in [5, 5.41) is 1.32. The Labute approximate surface area is 148 Å². The number of carbonyl (C=O) groups excluding carboxylic acids is 1. The highest BCUT2D eigenvalue weighted by molar-refractivity contribution is 8.73. The molecule has 0 unspecified atom stereocenters. The summed E-state index contributed by atoms with van der Waals surface area (Å²) in [6, 6.07) is 6.50. The molecule has 1 aliphatic carbocycles. The average molecular weight is 409 g/mol. The predicted molar refractivity (Wildman–Crippen MR) is 96.7 cm³/mol. The van der Waals surface area contributed by atoms with Gasteiger partial charge in [-0.15, -0.1) is 0 Å². The van der Waals surface area contributed by atoms with Crippen molar-refractivity contribution >= 4 is 62.9 Å². The van der Waals surface area contributed by atoms with E-state index in [9.17, 15) is 13.2 Å². The Balaban J connectivity index is 2.15. The van der Waals surface area contributed by atoms with Gasteiger partial charge in [-0.05, 0) is 47.4 Å². The number of halogens is 3. The second kappa shape index (κ2) is 5.79. The second-order valence-corrected chi connectivity index (χ2v) is 12.0. The smallest absolute Gasteiger partial charge is 0.288 e. The molecule has 2 aliphatic rings. The summed E-state index contributed by atoms with van der Waals surface area (Å²) in [6.07, 6.45) is 4.02. The van der Waals surface area contributed by atoms with Crippen LogP contribution in [0.1, 0.15) is 15.9 Å². The molecule has 23 heavy (non-hydrogen) atoms. The molecule has 9 heteroatoms. The summed E-state index contributed by atoms with van der Waals surface area (Å²) in [7, 11) is 5.38. The van der Waals surface area contributed by atoms with Crippen LogP contribution in [-0.4, -0.2) is 19.9 Å². The maximum atomic E-state index is 12.5. The molecule has 0 radical (unpaired) electrons. The molecule has 0 bridgehead atoms. The molecule has 0 saturated heterocycles. The van der Waals surface area contributed by atoms with Crippen molar-refractivity contribution < 1.29 is 13.2 Å². The van der Waals surface area contributed by atoms with Gasteiger partial charge in [-0.2, -0.15) is 12.8 Å². The van der Waals surface area contributed by atoms with Gasteiger partial charge in [0.25, 0.3) is 10.0 Å². The van der Waals surface area contributed by atoms with E-state index < -0.39 is 18.5 Å². The van der Waals surface area contributed by atoms with Crippen LogP contribution in [0.15, 0.2) is 61.6 Å².